The van der Waals surface area contributed by atoms with E-state index in [-0.39, 0.29) is 11.8 Å². The molecule has 3 aromatic rings. The average molecular weight is 359 g/mol. The number of fused-ring (bicyclic) bond motifs is 1. The number of carbonyl (C=O) groups is 1. The van der Waals surface area contributed by atoms with Gasteiger partial charge in [-0.25, -0.2) is 0 Å². The summed E-state index contributed by atoms with van der Waals surface area (Å²) in [5, 5.41) is 4.11. The molecule has 0 N–H and O–H groups in total. The van der Waals surface area contributed by atoms with Gasteiger partial charge in [0.05, 0.1) is 5.92 Å². The summed E-state index contributed by atoms with van der Waals surface area (Å²) < 4.78 is 5.50. The summed E-state index contributed by atoms with van der Waals surface area (Å²) in [7, 11) is 0. The standard InChI is InChI=1S/C22H21N3O2/c1-14-5-7-16(8-6-14)21-23-22(27-24-21)18-12-20(26)25(13-18)19-10-9-15-3-2-4-17(15)11-19/h5-11,18H,2-4,12-13H2,1H3. The molecule has 2 heterocycles. The van der Waals surface area contributed by atoms with E-state index in [4.69, 9.17) is 4.52 Å². The fraction of sp³-hybridized carbons (Fsp3) is 0.318. The van der Waals surface area contributed by atoms with Crippen LogP contribution in [0.1, 0.15) is 41.3 Å². The Morgan fingerprint density at radius 3 is 2.74 bits per heavy atom. The molecule has 1 aliphatic heterocycles. The first kappa shape index (κ1) is 16.2. The fourth-order valence-electron chi connectivity index (χ4n) is 4.07. The largest absolute Gasteiger partial charge is 0.339 e. The lowest BCUT2D eigenvalue weighted by Crippen LogP contribution is -2.24. The maximum atomic E-state index is 12.6. The number of aromatic nitrogens is 2. The predicted octanol–water partition coefficient (Wildman–Crippen LogP) is 4.05. The van der Waals surface area contributed by atoms with Crippen molar-refractivity contribution in [2.24, 2.45) is 0 Å². The number of anilines is 1. The molecule has 1 aliphatic carbocycles. The van der Waals surface area contributed by atoms with E-state index in [2.05, 4.69) is 28.3 Å². The summed E-state index contributed by atoms with van der Waals surface area (Å²) >= 11 is 0. The van der Waals surface area contributed by atoms with Crippen LogP contribution in [0.4, 0.5) is 5.69 Å². The molecule has 5 rings (SSSR count). The molecule has 0 saturated carbocycles. The SMILES string of the molecule is Cc1ccc(-c2noc(C3CC(=O)N(c4ccc5c(c4)CCC5)C3)n2)cc1. The summed E-state index contributed by atoms with van der Waals surface area (Å²) in [5.74, 6) is 1.18. The van der Waals surface area contributed by atoms with Crippen molar-refractivity contribution in [1.82, 2.24) is 10.1 Å². The van der Waals surface area contributed by atoms with Crippen molar-refractivity contribution in [1.29, 1.82) is 0 Å². The van der Waals surface area contributed by atoms with Crippen molar-refractivity contribution in [2.45, 2.75) is 38.5 Å². The van der Waals surface area contributed by atoms with Gasteiger partial charge in [-0.3, -0.25) is 4.79 Å². The summed E-state index contributed by atoms with van der Waals surface area (Å²) in [6.07, 6.45) is 3.87. The summed E-state index contributed by atoms with van der Waals surface area (Å²) in [6.45, 7) is 2.64. The molecule has 0 spiro atoms. The van der Waals surface area contributed by atoms with Crippen LogP contribution in [0.15, 0.2) is 47.0 Å². The highest BCUT2D eigenvalue weighted by Crippen LogP contribution is 2.34. The topological polar surface area (TPSA) is 59.2 Å². The van der Waals surface area contributed by atoms with Crippen LogP contribution >= 0.6 is 0 Å². The smallest absolute Gasteiger partial charge is 0.232 e. The molecule has 1 saturated heterocycles. The van der Waals surface area contributed by atoms with E-state index in [0.29, 0.717) is 24.7 Å². The van der Waals surface area contributed by atoms with E-state index in [1.54, 1.807) is 0 Å². The number of aryl methyl sites for hydroxylation is 3. The van der Waals surface area contributed by atoms with E-state index < -0.39 is 0 Å². The Balaban J connectivity index is 1.37. The molecule has 2 aliphatic rings. The molecule has 1 unspecified atom stereocenters. The van der Waals surface area contributed by atoms with Crippen molar-refractivity contribution in [3.63, 3.8) is 0 Å². The van der Waals surface area contributed by atoms with Crippen molar-refractivity contribution in [3.8, 4) is 11.4 Å². The predicted molar refractivity (Wildman–Crippen MR) is 103 cm³/mol. The van der Waals surface area contributed by atoms with E-state index in [0.717, 1.165) is 24.1 Å². The van der Waals surface area contributed by atoms with Crippen LogP contribution in [-0.2, 0) is 17.6 Å². The third-order valence-electron chi connectivity index (χ3n) is 5.62. The number of hydrogen-bond acceptors (Lipinski definition) is 4. The average Bonchev–Trinajstić information content (AvgIpc) is 3.40. The minimum atomic E-state index is -0.0579. The lowest BCUT2D eigenvalue weighted by atomic mass is 10.1. The van der Waals surface area contributed by atoms with Crippen molar-refractivity contribution >= 4 is 11.6 Å². The lowest BCUT2D eigenvalue weighted by molar-refractivity contribution is -0.117. The minimum Gasteiger partial charge on any atom is -0.339 e. The normalized spacial score (nSPS) is 18.9. The van der Waals surface area contributed by atoms with Gasteiger partial charge in [0.1, 0.15) is 0 Å². The highest BCUT2D eigenvalue weighted by Gasteiger charge is 2.35. The molecule has 5 heteroatoms. The quantitative estimate of drug-likeness (QED) is 0.708. The first-order valence-electron chi connectivity index (χ1n) is 9.50. The Morgan fingerprint density at radius 1 is 1.07 bits per heavy atom. The molecule has 136 valence electrons. The Labute approximate surface area is 158 Å². The molecular weight excluding hydrogens is 338 g/mol. The lowest BCUT2D eigenvalue weighted by Gasteiger charge is -2.17. The molecule has 1 amide bonds. The summed E-state index contributed by atoms with van der Waals surface area (Å²) in [6, 6.07) is 14.4. The van der Waals surface area contributed by atoms with Gasteiger partial charge in [-0.05, 0) is 49.4 Å². The number of carbonyl (C=O) groups excluding carboxylic acids is 1. The number of amides is 1. The molecule has 1 aromatic heterocycles. The van der Waals surface area contributed by atoms with Crippen LogP contribution in [0.25, 0.3) is 11.4 Å². The number of hydrogen-bond donors (Lipinski definition) is 0. The Hall–Kier alpha value is -2.95. The first-order valence-corrected chi connectivity index (χ1v) is 9.50. The number of nitrogens with zero attached hydrogens (tertiary/aromatic N) is 3. The highest BCUT2D eigenvalue weighted by atomic mass is 16.5. The molecule has 1 atom stereocenters. The molecule has 0 bridgehead atoms. The van der Waals surface area contributed by atoms with Crippen LogP contribution in [0.2, 0.25) is 0 Å². The third kappa shape index (κ3) is 2.93. The second-order valence-corrected chi connectivity index (χ2v) is 7.53. The van der Waals surface area contributed by atoms with Crippen LogP contribution in [0.3, 0.4) is 0 Å². The minimum absolute atomic E-state index is 0.0579. The van der Waals surface area contributed by atoms with Gasteiger partial charge >= 0.3 is 0 Å². The van der Waals surface area contributed by atoms with Gasteiger partial charge < -0.3 is 9.42 Å². The highest BCUT2D eigenvalue weighted by molar-refractivity contribution is 5.96. The van der Waals surface area contributed by atoms with Crippen LogP contribution in [0, 0.1) is 6.92 Å². The second-order valence-electron chi connectivity index (χ2n) is 7.53. The van der Waals surface area contributed by atoms with E-state index in [1.165, 1.54) is 23.1 Å². The molecular formula is C22H21N3O2. The molecule has 27 heavy (non-hydrogen) atoms. The Kier molecular flexibility index (Phi) is 3.81. The van der Waals surface area contributed by atoms with Gasteiger partial charge in [-0.1, -0.05) is 41.1 Å². The van der Waals surface area contributed by atoms with Gasteiger partial charge in [0.15, 0.2) is 0 Å². The first-order chi connectivity index (χ1) is 13.2. The zero-order chi connectivity index (χ0) is 18.4. The van der Waals surface area contributed by atoms with E-state index in [9.17, 15) is 4.79 Å². The van der Waals surface area contributed by atoms with E-state index >= 15 is 0 Å². The van der Waals surface area contributed by atoms with Gasteiger partial charge in [0.25, 0.3) is 0 Å². The maximum absolute atomic E-state index is 12.6. The van der Waals surface area contributed by atoms with Crippen LogP contribution < -0.4 is 4.90 Å². The van der Waals surface area contributed by atoms with Crippen LogP contribution in [-0.4, -0.2) is 22.6 Å². The zero-order valence-corrected chi connectivity index (χ0v) is 15.3. The summed E-state index contributed by atoms with van der Waals surface area (Å²) in [5.41, 5.74) is 5.90. The zero-order valence-electron chi connectivity index (χ0n) is 15.3. The molecule has 1 fully saturated rings. The molecule has 5 nitrogen and oxygen atoms in total. The Bertz CT molecular complexity index is 1010. The monoisotopic (exact) mass is 359 g/mol. The maximum Gasteiger partial charge on any atom is 0.232 e. The van der Waals surface area contributed by atoms with E-state index in [1.807, 2.05) is 36.1 Å². The van der Waals surface area contributed by atoms with Gasteiger partial charge in [-0.15, -0.1) is 0 Å². The van der Waals surface area contributed by atoms with Crippen molar-refractivity contribution < 1.29 is 9.32 Å². The van der Waals surface area contributed by atoms with Gasteiger partial charge in [0.2, 0.25) is 17.6 Å². The molecule has 0 radical (unpaired) electrons. The number of benzene rings is 2. The Morgan fingerprint density at radius 2 is 1.89 bits per heavy atom. The fourth-order valence-corrected chi connectivity index (χ4v) is 4.07. The van der Waals surface area contributed by atoms with Gasteiger partial charge in [-0.2, -0.15) is 4.98 Å². The van der Waals surface area contributed by atoms with Crippen molar-refractivity contribution in [2.75, 3.05) is 11.4 Å². The van der Waals surface area contributed by atoms with Crippen molar-refractivity contribution in [3.05, 3.63) is 65.0 Å². The van der Waals surface area contributed by atoms with Gasteiger partial charge in [0, 0.05) is 24.2 Å². The molecule has 2 aromatic carbocycles. The third-order valence-corrected chi connectivity index (χ3v) is 5.62. The second kappa shape index (κ2) is 6.34. The van der Waals surface area contributed by atoms with Crippen LogP contribution in [0.5, 0.6) is 0 Å². The number of rotatable bonds is 3. The summed E-state index contributed by atoms with van der Waals surface area (Å²) in [4.78, 5) is 19.0.